The minimum atomic E-state index is -0.395. The number of amides is 2. The van der Waals surface area contributed by atoms with Crippen LogP contribution in [0.1, 0.15) is 17.0 Å². The average molecular weight is 382 g/mol. The smallest absolute Gasteiger partial charge is 0.323 e. The number of anilines is 1. The van der Waals surface area contributed by atoms with Gasteiger partial charge < -0.3 is 19.2 Å². The van der Waals surface area contributed by atoms with Crippen LogP contribution < -0.4 is 20.1 Å². The van der Waals surface area contributed by atoms with Gasteiger partial charge in [0.1, 0.15) is 11.5 Å². The van der Waals surface area contributed by atoms with Gasteiger partial charge in [0.05, 0.1) is 20.6 Å². The van der Waals surface area contributed by atoms with Crippen LogP contribution in [0.4, 0.5) is 10.8 Å². The molecule has 3 aromatic rings. The summed E-state index contributed by atoms with van der Waals surface area (Å²) < 4.78 is 15.7. The zero-order valence-electron chi connectivity index (χ0n) is 15.8. The molecule has 0 bridgehead atoms. The Balaban J connectivity index is 1.43. The molecule has 2 amide bonds. The number of nitrogens with one attached hydrogen (secondary N) is 2. The first-order valence-corrected chi connectivity index (χ1v) is 8.79. The molecule has 0 aliphatic rings. The average Bonchev–Trinajstić information content (AvgIpc) is 3.15. The molecule has 0 aliphatic carbocycles. The number of hydrogen-bond donors (Lipinski definition) is 2. The monoisotopic (exact) mass is 382 g/mol. The maximum Gasteiger partial charge on any atom is 0.323 e. The van der Waals surface area contributed by atoms with Crippen molar-refractivity contribution in [2.75, 3.05) is 26.1 Å². The SMILES string of the molecule is COc1ccc(CCNC(=O)Nc2nnc(Cc3ccc(OC)cc3)o2)cc1. The van der Waals surface area contributed by atoms with Crippen molar-refractivity contribution in [2.24, 2.45) is 0 Å². The summed E-state index contributed by atoms with van der Waals surface area (Å²) in [6.45, 7) is 0.477. The highest BCUT2D eigenvalue weighted by Crippen LogP contribution is 2.15. The van der Waals surface area contributed by atoms with Gasteiger partial charge in [-0.15, -0.1) is 5.10 Å². The number of hydrogen-bond acceptors (Lipinski definition) is 6. The van der Waals surface area contributed by atoms with Crippen molar-refractivity contribution < 1.29 is 18.7 Å². The van der Waals surface area contributed by atoms with Crippen molar-refractivity contribution >= 4 is 12.0 Å². The number of urea groups is 1. The number of aromatic nitrogens is 2. The van der Waals surface area contributed by atoms with E-state index < -0.39 is 6.03 Å². The molecule has 2 N–H and O–H groups in total. The van der Waals surface area contributed by atoms with Gasteiger partial charge in [-0.3, -0.25) is 5.32 Å². The maximum absolute atomic E-state index is 12.0. The molecule has 28 heavy (non-hydrogen) atoms. The largest absolute Gasteiger partial charge is 0.497 e. The summed E-state index contributed by atoms with van der Waals surface area (Å²) in [5.41, 5.74) is 2.10. The minimum Gasteiger partial charge on any atom is -0.497 e. The summed E-state index contributed by atoms with van der Waals surface area (Å²) in [6.07, 6.45) is 1.17. The van der Waals surface area contributed by atoms with Crippen LogP contribution in [0.2, 0.25) is 0 Å². The van der Waals surface area contributed by atoms with Gasteiger partial charge in [0.25, 0.3) is 0 Å². The number of carbonyl (C=O) groups excluding carboxylic acids is 1. The van der Waals surface area contributed by atoms with Crippen molar-refractivity contribution in [1.82, 2.24) is 15.5 Å². The molecule has 1 heterocycles. The van der Waals surface area contributed by atoms with Crippen LogP contribution in [0.5, 0.6) is 11.5 Å². The van der Waals surface area contributed by atoms with Crippen molar-refractivity contribution in [3.8, 4) is 11.5 Å². The fraction of sp³-hybridized carbons (Fsp3) is 0.250. The second-order valence-corrected chi connectivity index (χ2v) is 6.00. The summed E-state index contributed by atoms with van der Waals surface area (Å²) in [5, 5.41) is 13.1. The molecule has 0 aliphatic heterocycles. The Hall–Kier alpha value is -3.55. The zero-order chi connectivity index (χ0) is 19.8. The highest BCUT2D eigenvalue weighted by molar-refractivity contribution is 5.86. The quantitative estimate of drug-likeness (QED) is 0.621. The number of rotatable bonds is 8. The third-order valence-electron chi connectivity index (χ3n) is 4.06. The van der Waals surface area contributed by atoms with Crippen molar-refractivity contribution in [2.45, 2.75) is 12.8 Å². The minimum absolute atomic E-state index is 0.0606. The van der Waals surface area contributed by atoms with Gasteiger partial charge in [-0.2, -0.15) is 0 Å². The molecule has 2 aromatic carbocycles. The van der Waals surface area contributed by atoms with E-state index in [0.717, 1.165) is 22.6 Å². The van der Waals surface area contributed by atoms with Crippen molar-refractivity contribution in [3.63, 3.8) is 0 Å². The first-order valence-electron chi connectivity index (χ1n) is 8.79. The lowest BCUT2D eigenvalue weighted by Crippen LogP contribution is -2.30. The molecule has 0 fully saturated rings. The van der Waals surface area contributed by atoms with Crippen LogP contribution in [0.15, 0.2) is 52.9 Å². The maximum atomic E-state index is 12.0. The summed E-state index contributed by atoms with van der Waals surface area (Å²) in [6, 6.07) is 14.9. The molecule has 8 nitrogen and oxygen atoms in total. The second kappa shape index (κ2) is 9.40. The fourth-order valence-corrected chi connectivity index (χ4v) is 2.55. The van der Waals surface area contributed by atoms with Gasteiger partial charge in [0.15, 0.2) is 0 Å². The van der Waals surface area contributed by atoms with Crippen LogP contribution in [0, 0.1) is 0 Å². The molecule has 1 aromatic heterocycles. The molecule has 0 atom stereocenters. The number of methoxy groups -OCH3 is 2. The fourth-order valence-electron chi connectivity index (χ4n) is 2.55. The second-order valence-electron chi connectivity index (χ2n) is 6.00. The molecular formula is C20H22N4O4. The number of ether oxygens (including phenoxy) is 2. The highest BCUT2D eigenvalue weighted by Gasteiger charge is 2.10. The normalized spacial score (nSPS) is 10.4. The first-order chi connectivity index (χ1) is 13.7. The predicted octanol–water partition coefficient (Wildman–Crippen LogP) is 3.04. The molecule has 8 heteroatoms. The van der Waals surface area contributed by atoms with E-state index in [2.05, 4.69) is 20.8 Å². The summed E-state index contributed by atoms with van der Waals surface area (Å²) in [5.74, 6) is 2.00. The lowest BCUT2D eigenvalue weighted by molar-refractivity contribution is 0.251. The van der Waals surface area contributed by atoms with E-state index in [1.807, 2.05) is 48.5 Å². The van der Waals surface area contributed by atoms with Crippen LogP contribution in [-0.4, -0.2) is 37.0 Å². The third-order valence-corrected chi connectivity index (χ3v) is 4.06. The number of benzene rings is 2. The van der Waals surface area contributed by atoms with Crippen LogP contribution in [0.3, 0.4) is 0 Å². The molecule has 0 radical (unpaired) electrons. The molecule has 0 saturated carbocycles. The molecule has 0 spiro atoms. The molecule has 0 saturated heterocycles. The first kappa shape index (κ1) is 19.2. The Morgan fingerprint density at radius 2 is 1.54 bits per heavy atom. The lowest BCUT2D eigenvalue weighted by atomic mass is 10.1. The van der Waals surface area contributed by atoms with E-state index in [4.69, 9.17) is 13.9 Å². The molecule has 0 unspecified atom stereocenters. The Kier molecular flexibility index (Phi) is 6.46. The van der Waals surface area contributed by atoms with E-state index in [9.17, 15) is 4.79 Å². The van der Waals surface area contributed by atoms with Crippen LogP contribution in [0.25, 0.3) is 0 Å². The van der Waals surface area contributed by atoms with E-state index in [0.29, 0.717) is 25.3 Å². The standard InChI is InChI=1S/C20H22N4O4/c1-26-16-7-3-14(4-8-16)11-12-21-19(25)22-20-24-23-18(28-20)13-15-5-9-17(27-2)10-6-15/h3-10H,11-13H2,1-2H3,(H2,21,22,24,25). The van der Waals surface area contributed by atoms with Crippen molar-refractivity contribution in [3.05, 3.63) is 65.5 Å². The van der Waals surface area contributed by atoms with E-state index in [-0.39, 0.29) is 6.01 Å². The van der Waals surface area contributed by atoms with Gasteiger partial charge in [-0.1, -0.05) is 29.4 Å². The number of carbonyl (C=O) groups is 1. The van der Waals surface area contributed by atoms with Gasteiger partial charge in [-0.25, -0.2) is 4.79 Å². The third kappa shape index (κ3) is 5.47. The lowest BCUT2D eigenvalue weighted by Gasteiger charge is -2.06. The van der Waals surface area contributed by atoms with Gasteiger partial charge >= 0.3 is 12.0 Å². The molecular weight excluding hydrogens is 360 g/mol. The van der Waals surface area contributed by atoms with Gasteiger partial charge in [-0.05, 0) is 41.8 Å². The Bertz CT molecular complexity index is 891. The highest BCUT2D eigenvalue weighted by atomic mass is 16.5. The number of nitrogens with zero attached hydrogens (tertiary/aromatic N) is 2. The van der Waals surface area contributed by atoms with Crippen molar-refractivity contribution in [1.29, 1.82) is 0 Å². The summed E-state index contributed by atoms with van der Waals surface area (Å²) >= 11 is 0. The van der Waals surface area contributed by atoms with Gasteiger partial charge in [0, 0.05) is 6.54 Å². The Morgan fingerprint density at radius 3 is 2.14 bits per heavy atom. The molecule has 146 valence electrons. The van der Waals surface area contributed by atoms with E-state index >= 15 is 0 Å². The summed E-state index contributed by atoms with van der Waals surface area (Å²) in [4.78, 5) is 12.0. The zero-order valence-corrected chi connectivity index (χ0v) is 15.8. The Morgan fingerprint density at radius 1 is 0.929 bits per heavy atom. The summed E-state index contributed by atoms with van der Waals surface area (Å²) in [7, 11) is 3.24. The van der Waals surface area contributed by atoms with Crippen LogP contribution in [-0.2, 0) is 12.8 Å². The molecule has 3 rings (SSSR count). The Labute approximate surface area is 162 Å². The topological polar surface area (TPSA) is 98.5 Å². The van der Waals surface area contributed by atoms with Crippen LogP contribution >= 0.6 is 0 Å². The predicted molar refractivity (Wildman–Crippen MR) is 104 cm³/mol. The van der Waals surface area contributed by atoms with E-state index in [1.165, 1.54) is 0 Å². The van der Waals surface area contributed by atoms with E-state index in [1.54, 1.807) is 14.2 Å². The van der Waals surface area contributed by atoms with Gasteiger partial charge in [0.2, 0.25) is 5.89 Å².